The van der Waals surface area contributed by atoms with Crippen molar-refractivity contribution in [3.05, 3.63) is 42.8 Å². The molecule has 0 aliphatic rings. The van der Waals surface area contributed by atoms with Crippen LogP contribution >= 0.6 is 40.0 Å². The minimum absolute atomic E-state index is 0. The van der Waals surface area contributed by atoms with Crippen LogP contribution in [0.5, 0.6) is 0 Å². The minimum Gasteiger partial charge on any atom is 0 e. The molecule has 1 aromatic carbocycles. The van der Waals surface area contributed by atoms with Crippen LogP contribution in [0.3, 0.4) is 0 Å². The molecule has 0 fully saturated rings. The molecule has 114 valence electrons. The van der Waals surface area contributed by atoms with Gasteiger partial charge in [-0.3, -0.25) is 0 Å². The van der Waals surface area contributed by atoms with Crippen molar-refractivity contribution in [1.82, 2.24) is 0 Å². The van der Waals surface area contributed by atoms with E-state index in [1.165, 1.54) is 7.11 Å². The number of hydrogen-bond acceptors (Lipinski definition) is 5. The molecule has 21 heavy (non-hydrogen) atoms. The SMILES string of the molecule is CO/N=C(/[C-]=O)c1ccccc1/C(C)=N/O.[CH3-].[I][V][I].[Y]. The molecular formula is C12H14I2N2O3VY-2. The van der Waals surface area contributed by atoms with Crippen molar-refractivity contribution in [2.75, 3.05) is 7.11 Å². The molecule has 1 rings (SSSR count). The fourth-order valence-electron chi connectivity index (χ4n) is 1.27. The normalized spacial score (nSPS) is 10.1. The predicted molar refractivity (Wildman–Crippen MR) is 94.1 cm³/mol. The number of hydrogen-bond donors (Lipinski definition) is 1. The molecule has 0 bridgehead atoms. The third-order valence-electron chi connectivity index (χ3n) is 2.00. The van der Waals surface area contributed by atoms with Crippen molar-refractivity contribution < 1.29 is 57.0 Å². The topological polar surface area (TPSA) is 71.2 Å². The van der Waals surface area contributed by atoms with Crippen LogP contribution in [-0.2, 0) is 51.8 Å². The van der Waals surface area contributed by atoms with E-state index in [1.807, 2.05) is 0 Å². The molecule has 1 aromatic rings. The second-order valence-corrected chi connectivity index (χ2v) is 14.8. The molecule has 0 heterocycles. The average molecular weight is 628 g/mol. The molecule has 0 saturated heterocycles. The van der Waals surface area contributed by atoms with Crippen LogP contribution in [-0.4, -0.2) is 30.0 Å². The van der Waals surface area contributed by atoms with Gasteiger partial charge in [0.15, 0.2) is 0 Å². The largest absolute Gasteiger partial charge is 0 e. The summed E-state index contributed by atoms with van der Waals surface area (Å²) in [6.07, 6.45) is 1.68. The zero-order chi connectivity index (χ0) is 14.7. The van der Waals surface area contributed by atoms with Crippen LogP contribution in [0.25, 0.3) is 0 Å². The van der Waals surface area contributed by atoms with Crippen LogP contribution in [0.2, 0.25) is 0 Å². The third-order valence-corrected chi connectivity index (χ3v) is 2.00. The maximum atomic E-state index is 10.7. The van der Waals surface area contributed by atoms with E-state index < -0.39 is 0 Å². The van der Waals surface area contributed by atoms with Crippen molar-refractivity contribution >= 4 is 57.7 Å². The minimum atomic E-state index is 0. The fraction of sp³-hybridized carbons (Fsp3) is 0.167. The van der Waals surface area contributed by atoms with Crippen molar-refractivity contribution in [3.63, 3.8) is 0 Å². The number of benzene rings is 1. The Hall–Kier alpha value is 0.978. The quantitative estimate of drug-likeness (QED) is 0.183. The first-order valence-electron chi connectivity index (χ1n) is 4.86. The molecule has 9 heteroatoms. The van der Waals surface area contributed by atoms with Crippen LogP contribution in [0, 0.1) is 7.43 Å². The van der Waals surface area contributed by atoms with Gasteiger partial charge in [-0.1, -0.05) is 28.9 Å². The molecule has 0 unspecified atom stereocenters. The van der Waals surface area contributed by atoms with Crippen molar-refractivity contribution in [2.45, 2.75) is 6.92 Å². The maximum absolute atomic E-state index is 10.7. The molecule has 0 aliphatic carbocycles. The van der Waals surface area contributed by atoms with E-state index in [9.17, 15) is 4.79 Å². The summed E-state index contributed by atoms with van der Waals surface area (Å²) in [6.45, 7) is 1.62. The van der Waals surface area contributed by atoms with Crippen molar-refractivity contribution in [1.29, 1.82) is 0 Å². The van der Waals surface area contributed by atoms with E-state index in [2.05, 4.69) is 55.1 Å². The summed E-state index contributed by atoms with van der Waals surface area (Å²) in [5.74, 6) is 0. The smallest absolute Gasteiger partial charge is 0 e. The molecule has 1 N–H and O–H groups in total. The molecule has 0 aliphatic heterocycles. The summed E-state index contributed by atoms with van der Waals surface area (Å²) in [5.41, 5.74) is 1.52. The maximum Gasteiger partial charge on any atom is 0 e. The predicted octanol–water partition coefficient (Wildman–Crippen LogP) is 3.56. The summed E-state index contributed by atoms with van der Waals surface area (Å²) in [4.78, 5) is 15.3. The Morgan fingerprint density at radius 2 is 1.81 bits per heavy atom. The van der Waals surface area contributed by atoms with Crippen LogP contribution in [0.15, 0.2) is 34.6 Å². The summed E-state index contributed by atoms with van der Waals surface area (Å²) in [7, 11) is 1.97. The Kier molecular flexibility index (Phi) is 22.2. The zero-order valence-electron chi connectivity index (χ0n) is 11.7. The second-order valence-electron chi connectivity index (χ2n) is 3.02. The Morgan fingerprint density at radius 3 is 2.19 bits per heavy atom. The number of rotatable bonds is 4. The van der Waals surface area contributed by atoms with Crippen molar-refractivity contribution in [3.8, 4) is 0 Å². The molecular weight excluding hydrogens is 614 g/mol. The van der Waals surface area contributed by atoms with Gasteiger partial charge in [-0.2, -0.15) is 0 Å². The second kappa shape index (κ2) is 17.3. The fourth-order valence-corrected chi connectivity index (χ4v) is 1.27. The van der Waals surface area contributed by atoms with Gasteiger partial charge < -0.3 is 22.3 Å². The van der Waals surface area contributed by atoms with Gasteiger partial charge in [0.05, 0.1) is 5.71 Å². The molecule has 1 radical (unpaired) electrons. The first-order chi connectivity index (χ1) is 9.15. The van der Waals surface area contributed by atoms with Gasteiger partial charge in [0, 0.05) is 39.0 Å². The third kappa shape index (κ3) is 10.4. The first kappa shape index (κ1) is 26.9. The van der Waals surface area contributed by atoms with Gasteiger partial charge in [-0.05, 0) is 12.6 Å². The molecule has 0 spiro atoms. The van der Waals surface area contributed by atoms with Crippen LogP contribution in [0.1, 0.15) is 18.1 Å². The molecule has 5 nitrogen and oxygen atoms in total. The van der Waals surface area contributed by atoms with Crippen LogP contribution in [0.4, 0.5) is 0 Å². The van der Waals surface area contributed by atoms with Crippen LogP contribution < -0.4 is 0 Å². The van der Waals surface area contributed by atoms with E-state index in [0.29, 0.717) is 26.3 Å². The van der Waals surface area contributed by atoms with Gasteiger partial charge in [-0.25, -0.2) is 0 Å². The Morgan fingerprint density at radius 1 is 1.33 bits per heavy atom. The number of carbonyl (C=O) groups excluding carboxylic acids is 1. The Bertz CT molecular complexity index is 474. The van der Waals surface area contributed by atoms with Gasteiger partial charge in [0.2, 0.25) is 0 Å². The molecule has 0 saturated carbocycles. The summed E-state index contributed by atoms with van der Waals surface area (Å²) in [5, 5.41) is 15.3. The van der Waals surface area contributed by atoms with E-state index in [-0.39, 0.29) is 45.8 Å². The first-order valence-corrected chi connectivity index (χ1v) is 13.9. The molecule has 0 aromatic heterocycles. The monoisotopic (exact) mass is 628 g/mol. The summed E-state index contributed by atoms with van der Waals surface area (Å²) in [6, 6.07) is 6.90. The number of oxime groups is 2. The van der Waals surface area contributed by atoms with Gasteiger partial charge in [-0.15, -0.1) is 16.8 Å². The number of nitrogens with zero attached hydrogens (tertiary/aromatic N) is 2. The summed E-state index contributed by atoms with van der Waals surface area (Å²) < 4.78 is 0. The Labute approximate surface area is 179 Å². The summed E-state index contributed by atoms with van der Waals surface area (Å²) >= 11 is 4.74. The van der Waals surface area contributed by atoms with E-state index in [1.54, 1.807) is 37.5 Å². The van der Waals surface area contributed by atoms with Gasteiger partial charge >= 0.3 is 49.4 Å². The average Bonchev–Trinajstić information content (AvgIpc) is 2.45. The molecule has 0 amide bonds. The zero-order valence-corrected chi connectivity index (χ0v) is 20.3. The van der Waals surface area contributed by atoms with Gasteiger partial charge in [0.1, 0.15) is 7.11 Å². The molecule has 0 atom stereocenters. The van der Waals surface area contributed by atoms with Crippen molar-refractivity contribution in [2.24, 2.45) is 10.3 Å². The number of halogens is 2. The van der Waals surface area contributed by atoms with E-state index in [0.717, 1.165) is 0 Å². The van der Waals surface area contributed by atoms with E-state index in [4.69, 9.17) is 5.21 Å². The standard InChI is InChI=1S/C11H11N2O3.CH3.2HI.V.Y/c1-8(12-15)9-5-3-4-6-10(9)11(7-14)13-16-2;;;;;/h3-6,15H,1-2H3;1H3;2*1H;;/q2*-1;;;+2;/p-2/b12-8+,13-11-;;;;;. The van der Waals surface area contributed by atoms with E-state index >= 15 is 0 Å². The Balaban J connectivity index is -0.000000596. The van der Waals surface area contributed by atoms with Gasteiger partial charge in [0.25, 0.3) is 0 Å².